The van der Waals surface area contributed by atoms with Crippen molar-refractivity contribution in [3.63, 3.8) is 0 Å². The van der Waals surface area contributed by atoms with Crippen molar-refractivity contribution in [1.82, 2.24) is 4.72 Å². The van der Waals surface area contributed by atoms with Crippen LogP contribution >= 0.6 is 0 Å². The predicted molar refractivity (Wildman–Crippen MR) is 106 cm³/mol. The number of carbonyl (C=O) groups is 1. The average Bonchev–Trinajstić information content (AvgIpc) is 2.54. The van der Waals surface area contributed by atoms with Gasteiger partial charge in [0.15, 0.2) is 0 Å². The van der Waals surface area contributed by atoms with Crippen LogP contribution in [-0.2, 0) is 20.5 Å². The zero-order valence-electron chi connectivity index (χ0n) is 16.7. The first-order valence-corrected chi connectivity index (χ1v) is 10.2. The second-order valence-corrected chi connectivity index (χ2v) is 10.5. The minimum absolute atomic E-state index is 0.251. The molecule has 0 heterocycles. The van der Waals surface area contributed by atoms with Crippen molar-refractivity contribution >= 4 is 17.0 Å². The molecule has 0 aliphatic rings. The van der Waals surface area contributed by atoms with E-state index in [0.717, 1.165) is 5.56 Å². The van der Waals surface area contributed by atoms with E-state index in [1.807, 2.05) is 51.1 Å². The molecule has 0 bridgehead atoms. The Morgan fingerprint density at radius 2 is 1.73 bits per heavy atom. The minimum Gasteiger partial charge on any atom is -0.465 e. The molecule has 0 fully saturated rings. The fraction of sp³-hybridized carbons (Fsp3) is 0.650. The molecule has 0 saturated heterocycles. The predicted octanol–water partition coefficient (Wildman–Crippen LogP) is 3.51. The Balaban J connectivity index is 2.69. The SMILES string of the molecule is CC(C)(C)C(=O)OCCC[C@@H](O)[C@@H](NS(=O)C(C)(C)C)c1ccccc1. The van der Waals surface area contributed by atoms with E-state index in [-0.39, 0.29) is 12.6 Å². The summed E-state index contributed by atoms with van der Waals surface area (Å²) in [6.07, 6.45) is 0.235. The standard InChI is InChI=1S/C20H33NO4S/c1-19(2,3)18(23)25-14-10-13-16(22)17(15-11-8-7-9-12-15)21-26(24)20(4,5)6/h7-9,11-12,16-17,21-22H,10,13-14H2,1-6H3/t16-,17+,26?/m1/s1. The number of aliphatic hydroxyl groups is 1. The number of rotatable bonds is 8. The molecule has 0 radical (unpaired) electrons. The third-order valence-corrected chi connectivity index (χ3v) is 5.40. The van der Waals surface area contributed by atoms with Crippen LogP contribution in [0, 0.1) is 5.41 Å². The normalized spacial score (nSPS) is 16.0. The van der Waals surface area contributed by atoms with Crippen molar-refractivity contribution in [3.05, 3.63) is 35.9 Å². The van der Waals surface area contributed by atoms with Crippen LogP contribution in [0.3, 0.4) is 0 Å². The smallest absolute Gasteiger partial charge is 0.311 e. The first kappa shape index (κ1) is 22.8. The number of esters is 1. The van der Waals surface area contributed by atoms with Crippen LogP contribution in [0.2, 0.25) is 0 Å². The maximum absolute atomic E-state index is 12.5. The minimum atomic E-state index is -1.31. The van der Waals surface area contributed by atoms with Gasteiger partial charge in [-0.1, -0.05) is 30.3 Å². The molecular weight excluding hydrogens is 350 g/mol. The van der Waals surface area contributed by atoms with Gasteiger partial charge in [-0.25, -0.2) is 8.93 Å². The van der Waals surface area contributed by atoms with Gasteiger partial charge >= 0.3 is 5.97 Å². The highest BCUT2D eigenvalue weighted by atomic mass is 32.2. The van der Waals surface area contributed by atoms with E-state index < -0.39 is 33.3 Å². The monoisotopic (exact) mass is 383 g/mol. The molecule has 148 valence electrons. The van der Waals surface area contributed by atoms with E-state index in [1.54, 1.807) is 20.8 Å². The van der Waals surface area contributed by atoms with Crippen molar-refractivity contribution < 1.29 is 18.8 Å². The first-order valence-electron chi connectivity index (χ1n) is 9.01. The van der Waals surface area contributed by atoms with Gasteiger partial charge in [-0.15, -0.1) is 0 Å². The lowest BCUT2D eigenvalue weighted by Gasteiger charge is -2.28. The van der Waals surface area contributed by atoms with Gasteiger partial charge in [-0.2, -0.15) is 0 Å². The molecule has 6 heteroatoms. The topological polar surface area (TPSA) is 75.6 Å². The van der Waals surface area contributed by atoms with Gasteiger partial charge in [0.25, 0.3) is 0 Å². The van der Waals surface area contributed by atoms with Crippen LogP contribution in [-0.4, -0.2) is 32.7 Å². The summed E-state index contributed by atoms with van der Waals surface area (Å²) in [6.45, 7) is 11.3. The summed E-state index contributed by atoms with van der Waals surface area (Å²) in [7, 11) is -1.31. The summed E-state index contributed by atoms with van der Waals surface area (Å²) >= 11 is 0. The Morgan fingerprint density at radius 1 is 1.15 bits per heavy atom. The van der Waals surface area contributed by atoms with Crippen molar-refractivity contribution in [2.45, 2.75) is 71.3 Å². The molecular formula is C20H33NO4S. The number of ether oxygens (including phenoxy) is 1. The summed E-state index contributed by atoms with van der Waals surface area (Å²) in [5.41, 5.74) is 0.348. The molecule has 1 unspecified atom stereocenters. The Hall–Kier alpha value is -1.24. The van der Waals surface area contributed by atoms with E-state index >= 15 is 0 Å². The Kier molecular flexibility index (Phi) is 8.44. The highest BCUT2D eigenvalue weighted by Crippen LogP contribution is 2.23. The quantitative estimate of drug-likeness (QED) is 0.532. The number of hydrogen-bond acceptors (Lipinski definition) is 4. The molecule has 1 rings (SSSR count). The molecule has 2 N–H and O–H groups in total. The second-order valence-electron chi connectivity index (χ2n) is 8.48. The molecule has 1 aromatic carbocycles. The Labute approximate surface area is 160 Å². The fourth-order valence-corrected chi connectivity index (χ4v) is 3.04. The Morgan fingerprint density at radius 3 is 2.23 bits per heavy atom. The van der Waals surface area contributed by atoms with Crippen molar-refractivity contribution in [2.24, 2.45) is 5.41 Å². The van der Waals surface area contributed by atoms with Gasteiger partial charge in [0.05, 0.1) is 39.9 Å². The molecule has 0 saturated carbocycles. The number of hydrogen-bond donors (Lipinski definition) is 2. The van der Waals surface area contributed by atoms with Crippen molar-refractivity contribution in [3.8, 4) is 0 Å². The lowest BCUT2D eigenvalue weighted by molar-refractivity contribution is -0.153. The van der Waals surface area contributed by atoms with Crippen LogP contribution in [0.1, 0.15) is 66.0 Å². The number of nitrogens with one attached hydrogen (secondary N) is 1. The van der Waals surface area contributed by atoms with Crippen LogP contribution in [0.15, 0.2) is 30.3 Å². The lowest BCUT2D eigenvalue weighted by Crippen LogP contribution is -2.40. The van der Waals surface area contributed by atoms with Gasteiger partial charge < -0.3 is 9.84 Å². The average molecular weight is 384 g/mol. The molecule has 26 heavy (non-hydrogen) atoms. The van der Waals surface area contributed by atoms with Crippen LogP contribution in [0.5, 0.6) is 0 Å². The molecule has 0 amide bonds. The van der Waals surface area contributed by atoms with Gasteiger partial charge in [-0.3, -0.25) is 4.79 Å². The third-order valence-electron chi connectivity index (χ3n) is 3.82. The van der Waals surface area contributed by atoms with Gasteiger partial charge in [0.2, 0.25) is 0 Å². The highest BCUT2D eigenvalue weighted by molar-refractivity contribution is 7.84. The number of benzene rings is 1. The molecule has 0 aliphatic heterocycles. The van der Waals surface area contributed by atoms with Gasteiger partial charge in [0, 0.05) is 0 Å². The maximum Gasteiger partial charge on any atom is 0.311 e. The fourth-order valence-electron chi connectivity index (χ4n) is 2.16. The molecule has 0 aromatic heterocycles. The van der Waals surface area contributed by atoms with E-state index in [2.05, 4.69) is 4.72 Å². The largest absolute Gasteiger partial charge is 0.465 e. The van der Waals surface area contributed by atoms with Crippen LogP contribution in [0.4, 0.5) is 0 Å². The van der Waals surface area contributed by atoms with E-state index in [1.165, 1.54) is 0 Å². The summed E-state index contributed by atoms with van der Waals surface area (Å²) in [4.78, 5) is 11.8. The molecule has 1 aromatic rings. The summed E-state index contributed by atoms with van der Waals surface area (Å²) in [5, 5.41) is 10.7. The van der Waals surface area contributed by atoms with Crippen LogP contribution < -0.4 is 4.72 Å². The lowest BCUT2D eigenvalue weighted by atomic mass is 9.97. The second kappa shape index (κ2) is 9.62. The number of aliphatic hydroxyl groups excluding tert-OH is 1. The number of carbonyl (C=O) groups excluding carboxylic acids is 1. The zero-order valence-corrected chi connectivity index (χ0v) is 17.6. The molecule has 5 nitrogen and oxygen atoms in total. The zero-order chi connectivity index (χ0) is 20.0. The molecule has 0 spiro atoms. The summed E-state index contributed by atoms with van der Waals surface area (Å²) in [6, 6.07) is 9.04. The third kappa shape index (κ3) is 7.56. The molecule has 3 atom stereocenters. The maximum atomic E-state index is 12.5. The van der Waals surface area contributed by atoms with E-state index in [9.17, 15) is 14.1 Å². The van der Waals surface area contributed by atoms with Gasteiger partial charge in [-0.05, 0) is 59.9 Å². The van der Waals surface area contributed by atoms with Crippen molar-refractivity contribution in [1.29, 1.82) is 0 Å². The van der Waals surface area contributed by atoms with E-state index in [4.69, 9.17) is 4.74 Å². The first-order chi connectivity index (χ1) is 11.9. The van der Waals surface area contributed by atoms with Gasteiger partial charge in [0.1, 0.15) is 0 Å². The summed E-state index contributed by atoms with van der Waals surface area (Å²) < 4.78 is 20.4. The Bertz CT molecular complexity index is 590. The van der Waals surface area contributed by atoms with Crippen LogP contribution in [0.25, 0.3) is 0 Å². The van der Waals surface area contributed by atoms with E-state index in [0.29, 0.717) is 12.8 Å². The summed E-state index contributed by atoms with van der Waals surface area (Å²) in [5.74, 6) is -0.251. The molecule has 0 aliphatic carbocycles. The van der Waals surface area contributed by atoms with Crippen molar-refractivity contribution in [2.75, 3.05) is 6.61 Å². The highest BCUT2D eigenvalue weighted by Gasteiger charge is 2.28.